The van der Waals surface area contributed by atoms with Gasteiger partial charge in [0.05, 0.1) is 77.6 Å². The zero-order valence-corrected chi connectivity index (χ0v) is 50.2. The largest absolute Gasteiger partial charge is 0.309 e. The molecule has 6 aromatic heterocycles. The molecule has 6 heterocycles. The molecule has 20 aromatic rings. The van der Waals surface area contributed by atoms with E-state index in [1.165, 1.54) is 12.1 Å². The SMILES string of the molecule is N#Cc1c(-n2c3cc(-n4c5ccccc5c5ccccc54)ccc3c3ccc(-n4c5ccccc5c5ccccc54)cc32)cc(-c2cc(F)cc(F)c2)cc1-n1c2cc(-n3c4ccccc4c4ccccc43)ccc2c2ccc(-n3c4ccccc4c4ccccc43)cc21. The maximum Gasteiger partial charge on any atom is 0.126 e. The molecule has 7 nitrogen and oxygen atoms in total. The van der Waals surface area contributed by atoms with Gasteiger partial charge in [-0.15, -0.1) is 0 Å². The fourth-order valence-electron chi connectivity index (χ4n) is 15.8. The second kappa shape index (κ2) is 19.6. The highest BCUT2D eigenvalue weighted by atomic mass is 19.1. The van der Waals surface area contributed by atoms with Crippen LogP contribution >= 0.6 is 0 Å². The van der Waals surface area contributed by atoms with Gasteiger partial charge in [-0.3, -0.25) is 0 Å². The number of fused-ring (bicyclic) bond motifs is 18. The lowest BCUT2D eigenvalue weighted by molar-refractivity contribution is 0.584. The number of para-hydroxylation sites is 8. The Kier molecular flexibility index (Phi) is 10.9. The first-order chi connectivity index (χ1) is 46.4. The Morgan fingerprint density at radius 2 is 0.426 bits per heavy atom. The van der Waals surface area contributed by atoms with Crippen molar-refractivity contribution < 1.29 is 8.78 Å². The predicted octanol–water partition coefficient (Wildman–Crippen LogP) is 22.1. The highest BCUT2D eigenvalue weighted by molar-refractivity contribution is 6.17. The Morgan fingerprint density at radius 3 is 0.660 bits per heavy atom. The van der Waals surface area contributed by atoms with E-state index in [0.29, 0.717) is 28.1 Å². The summed E-state index contributed by atoms with van der Waals surface area (Å²) in [7, 11) is 0. The van der Waals surface area contributed by atoms with Gasteiger partial charge in [-0.05, 0) is 132 Å². The van der Waals surface area contributed by atoms with E-state index < -0.39 is 11.6 Å². The van der Waals surface area contributed by atoms with Gasteiger partial charge in [0.1, 0.15) is 23.3 Å². The molecule has 0 bridgehead atoms. The number of hydrogen-bond acceptors (Lipinski definition) is 1. The average Bonchev–Trinajstić information content (AvgIpc) is 1.59. The molecule has 9 heteroatoms. The Labute approximate surface area is 535 Å². The fourth-order valence-corrected chi connectivity index (χ4v) is 15.8. The molecular weight excluding hydrogens is 1160 g/mol. The van der Waals surface area contributed by atoms with Gasteiger partial charge < -0.3 is 27.4 Å². The molecule has 0 N–H and O–H groups in total. The summed E-state index contributed by atoms with van der Waals surface area (Å²) in [4.78, 5) is 0. The van der Waals surface area contributed by atoms with Crippen LogP contribution in [0.5, 0.6) is 0 Å². The monoisotopic (exact) mass is 1210 g/mol. The lowest BCUT2D eigenvalue weighted by atomic mass is 9.99. The predicted molar refractivity (Wildman–Crippen MR) is 383 cm³/mol. The molecule has 0 saturated heterocycles. The fraction of sp³-hybridized carbons (Fsp3) is 0. The standard InChI is InChI=1S/C85H49F2N7/c86-53-41-51(42-54(87)45-53)52-43-80(93-82-46-55(89-72-25-9-1-17-59(72)60-18-2-10-26-73(60)89)33-37-67(82)68-38-34-56(47-83(68)93)90-74-27-11-3-19-61(74)62-20-4-12-28-75(62)90)71(50-88)81(44-52)94-84-48-57(91-76-29-13-5-21-63(76)64-22-6-14-30-77(64)91)35-39-69(84)70-40-36-58(49-85(70)94)92-78-31-15-7-23-65(78)66-24-8-16-32-79(66)92/h1-49H. The van der Waals surface area contributed by atoms with E-state index in [4.69, 9.17) is 0 Å². The van der Waals surface area contributed by atoms with Crippen LogP contribution in [0.3, 0.4) is 0 Å². The van der Waals surface area contributed by atoms with Crippen LogP contribution in [0, 0.1) is 23.0 Å². The van der Waals surface area contributed by atoms with Crippen molar-refractivity contribution in [2.75, 3.05) is 0 Å². The molecule has 0 aliphatic heterocycles. The normalized spacial score (nSPS) is 12.1. The molecule has 0 spiro atoms. The van der Waals surface area contributed by atoms with Crippen LogP contribution < -0.4 is 0 Å². The second-order valence-corrected chi connectivity index (χ2v) is 24.6. The van der Waals surface area contributed by atoms with Crippen LogP contribution in [0.15, 0.2) is 297 Å². The Morgan fingerprint density at radius 1 is 0.213 bits per heavy atom. The number of halogens is 2. The third-order valence-corrected chi connectivity index (χ3v) is 19.7. The van der Waals surface area contributed by atoms with Gasteiger partial charge in [-0.1, -0.05) is 170 Å². The summed E-state index contributed by atoms with van der Waals surface area (Å²) in [5.74, 6) is -1.43. The molecule has 0 atom stereocenters. The number of rotatable bonds is 7. The minimum absolute atomic E-state index is 0.319. The Balaban J connectivity index is 0.943. The molecule has 0 aliphatic carbocycles. The summed E-state index contributed by atoms with van der Waals surface area (Å²) in [5, 5.41) is 25.5. The van der Waals surface area contributed by atoms with Crippen LogP contribution in [0.2, 0.25) is 0 Å². The molecule has 0 aliphatic rings. The van der Waals surface area contributed by atoms with Crippen molar-refractivity contribution in [3.05, 3.63) is 314 Å². The van der Waals surface area contributed by atoms with Crippen molar-refractivity contribution in [2.24, 2.45) is 0 Å². The van der Waals surface area contributed by atoms with Crippen LogP contribution in [0.25, 0.3) is 176 Å². The van der Waals surface area contributed by atoms with Crippen molar-refractivity contribution in [3.63, 3.8) is 0 Å². The topological polar surface area (TPSA) is 53.4 Å². The molecule has 14 aromatic carbocycles. The zero-order chi connectivity index (χ0) is 62.0. The summed E-state index contributed by atoms with van der Waals surface area (Å²) < 4.78 is 46.0. The maximum absolute atomic E-state index is 16.1. The van der Waals surface area contributed by atoms with Crippen molar-refractivity contribution in [1.29, 1.82) is 5.26 Å². The molecule has 0 saturated carbocycles. The van der Waals surface area contributed by atoms with Crippen molar-refractivity contribution in [3.8, 4) is 51.3 Å². The minimum atomic E-state index is -0.713. The summed E-state index contributed by atoms with van der Waals surface area (Å²) in [5.41, 5.74) is 17.8. The number of hydrogen-bond donors (Lipinski definition) is 0. The molecule has 0 amide bonds. The zero-order valence-electron chi connectivity index (χ0n) is 50.2. The van der Waals surface area contributed by atoms with E-state index in [-0.39, 0.29) is 0 Å². The smallest absolute Gasteiger partial charge is 0.126 e. The van der Waals surface area contributed by atoms with E-state index in [1.807, 2.05) is 12.1 Å². The number of nitrogens with zero attached hydrogens (tertiary/aromatic N) is 7. The van der Waals surface area contributed by atoms with Crippen LogP contribution in [0.1, 0.15) is 5.56 Å². The van der Waals surface area contributed by atoms with E-state index in [2.05, 4.69) is 300 Å². The number of nitriles is 1. The molecular formula is C85H49F2N7. The van der Waals surface area contributed by atoms with E-state index in [1.54, 1.807) is 0 Å². The van der Waals surface area contributed by atoms with Crippen molar-refractivity contribution >= 4 is 131 Å². The van der Waals surface area contributed by atoms with Gasteiger partial charge >= 0.3 is 0 Å². The van der Waals surface area contributed by atoms with E-state index in [0.717, 1.165) is 160 Å². The first kappa shape index (κ1) is 52.0. The third-order valence-electron chi connectivity index (χ3n) is 19.7. The number of benzene rings is 14. The first-order valence-electron chi connectivity index (χ1n) is 31.6. The first-order valence-corrected chi connectivity index (χ1v) is 31.6. The molecule has 438 valence electrons. The van der Waals surface area contributed by atoms with Crippen molar-refractivity contribution in [1.82, 2.24) is 27.4 Å². The highest BCUT2D eigenvalue weighted by Gasteiger charge is 2.27. The molecule has 20 rings (SSSR count). The number of aromatic nitrogens is 6. The molecule has 0 radical (unpaired) electrons. The summed E-state index contributed by atoms with van der Waals surface area (Å²) in [6.07, 6.45) is 0. The van der Waals surface area contributed by atoms with E-state index in [9.17, 15) is 5.26 Å². The van der Waals surface area contributed by atoms with Crippen LogP contribution in [-0.2, 0) is 0 Å². The van der Waals surface area contributed by atoms with Gasteiger partial charge in [-0.25, -0.2) is 8.78 Å². The van der Waals surface area contributed by atoms with Gasteiger partial charge in [0.15, 0.2) is 0 Å². The van der Waals surface area contributed by atoms with Crippen LogP contribution in [-0.4, -0.2) is 27.4 Å². The average molecular weight is 1210 g/mol. The van der Waals surface area contributed by atoms with Gasteiger partial charge in [-0.2, -0.15) is 5.26 Å². The summed E-state index contributed by atoms with van der Waals surface area (Å²) >= 11 is 0. The summed E-state index contributed by atoms with van der Waals surface area (Å²) in [6.45, 7) is 0. The molecule has 94 heavy (non-hydrogen) atoms. The van der Waals surface area contributed by atoms with Crippen LogP contribution in [0.4, 0.5) is 8.78 Å². The van der Waals surface area contributed by atoms with Crippen molar-refractivity contribution in [2.45, 2.75) is 0 Å². The van der Waals surface area contributed by atoms with Gasteiger partial charge in [0.25, 0.3) is 0 Å². The Bertz CT molecular complexity index is 5790. The minimum Gasteiger partial charge on any atom is -0.309 e. The second-order valence-electron chi connectivity index (χ2n) is 24.6. The van der Waals surface area contributed by atoms with E-state index >= 15 is 8.78 Å². The highest BCUT2D eigenvalue weighted by Crippen LogP contribution is 2.46. The molecule has 0 fully saturated rings. The molecule has 0 unspecified atom stereocenters. The maximum atomic E-state index is 16.1. The van der Waals surface area contributed by atoms with Gasteiger partial charge in [0, 0.05) is 93.5 Å². The quantitative estimate of drug-likeness (QED) is 0.157. The third kappa shape index (κ3) is 7.33. The summed E-state index contributed by atoms with van der Waals surface area (Å²) in [6, 6.07) is 105. The Hall–Kier alpha value is -12.8. The van der Waals surface area contributed by atoms with Gasteiger partial charge in [0.2, 0.25) is 0 Å². The lowest BCUT2D eigenvalue weighted by Crippen LogP contribution is -2.06. The lowest BCUT2D eigenvalue weighted by Gasteiger charge is -2.19.